The Bertz CT molecular complexity index is 675. The molecule has 0 saturated carbocycles. The van der Waals surface area contributed by atoms with Crippen LogP contribution in [-0.4, -0.2) is 28.7 Å². The minimum absolute atomic E-state index is 0.104. The summed E-state index contributed by atoms with van der Waals surface area (Å²) in [4.78, 5) is 4.19. The zero-order chi connectivity index (χ0) is 12.0. The maximum atomic E-state index is 11.9. The summed E-state index contributed by atoms with van der Waals surface area (Å²) in [5, 5.41) is 8.91. The molecule has 0 bridgehead atoms. The number of fused-ring (bicyclic) bond motifs is 1. The highest BCUT2D eigenvalue weighted by Crippen LogP contribution is 2.34. The van der Waals surface area contributed by atoms with E-state index < -0.39 is 15.1 Å². The zero-order valence-electron chi connectivity index (χ0n) is 9.07. The van der Waals surface area contributed by atoms with Crippen molar-refractivity contribution in [2.45, 2.75) is 18.1 Å². The number of aromatic nitrogens is 2. The van der Waals surface area contributed by atoms with Gasteiger partial charge in [0.05, 0.1) is 23.7 Å². The maximum absolute atomic E-state index is 11.9. The van der Waals surface area contributed by atoms with Crippen molar-refractivity contribution in [3.05, 3.63) is 30.4 Å². The lowest BCUT2D eigenvalue weighted by molar-refractivity contribution is 0.471. The molecular weight excluding hydrogens is 240 g/mol. The van der Waals surface area contributed by atoms with Crippen LogP contribution in [0.1, 0.15) is 23.9 Å². The van der Waals surface area contributed by atoms with Crippen molar-refractivity contribution in [1.29, 1.82) is 0 Å². The Morgan fingerprint density at radius 1 is 1.41 bits per heavy atom. The first-order chi connectivity index (χ1) is 8.08. The van der Waals surface area contributed by atoms with Crippen LogP contribution in [0.5, 0.6) is 5.75 Å². The van der Waals surface area contributed by atoms with Gasteiger partial charge in [-0.2, -0.15) is 0 Å². The van der Waals surface area contributed by atoms with Gasteiger partial charge in [-0.05, 0) is 25.0 Å². The van der Waals surface area contributed by atoms with E-state index in [0.29, 0.717) is 18.7 Å². The van der Waals surface area contributed by atoms with Crippen LogP contribution < -0.4 is 0 Å². The Morgan fingerprint density at radius 2 is 2.24 bits per heavy atom. The van der Waals surface area contributed by atoms with E-state index >= 15 is 0 Å². The summed E-state index contributed by atoms with van der Waals surface area (Å²) in [5.41, 5.74) is 0.792. The number of rotatable bonds is 1. The van der Waals surface area contributed by atoms with Crippen LogP contribution in [0.25, 0.3) is 5.52 Å². The van der Waals surface area contributed by atoms with Crippen LogP contribution in [0, 0.1) is 0 Å². The second kappa shape index (κ2) is 3.46. The number of pyridine rings is 1. The van der Waals surface area contributed by atoms with Crippen LogP contribution in [0.3, 0.4) is 0 Å². The van der Waals surface area contributed by atoms with Crippen LogP contribution in [0.15, 0.2) is 24.5 Å². The molecule has 0 spiro atoms. The van der Waals surface area contributed by atoms with Gasteiger partial charge in [-0.1, -0.05) is 0 Å². The van der Waals surface area contributed by atoms with Gasteiger partial charge in [0.25, 0.3) is 0 Å². The van der Waals surface area contributed by atoms with E-state index in [9.17, 15) is 13.5 Å². The molecule has 90 valence electrons. The summed E-state index contributed by atoms with van der Waals surface area (Å²) < 4.78 is 25.4. The lowest BCUT2D eigenvalue weighted by Crippen LogP contribution is -2.11. The van der Waals surface area contributed by atoms with Gasteiger partial charge in [-0.15, -0.1) is 0 Å². The molecule has 6 heteroatoms. The lowest BCUT2D eigenvalue weighted by Gasteiger charge is -2.08. The smallest absolute Gasteiger partial charge is 0.160 e. The highest BCUT2D eigenvalue weighted by atomic mass is 32.2. The third-order valence-electron chi connectivity index (χ3n) is 3.16. The fourth-order valence-electron chi connectivity index (χ4n) is 2.32. The quantitative estimate of drug-likeness (QED) is 0.830. The number of aromatic hydroxyl groups is 1. The highest BCUT2D eigenvalue weighted by Gasteiger charge is 2.35. The SMILES string of the molecule is O=S1(=O)CCCC1c1ncc2ccc(O)cn12. The molecule has 5 nitrogen and oxygen atoms in total. The van der Waals surface area contributed by atoms with Crippen molar-refractivity contribution in [2.75, 3.05) is 5.75 Å². The number of hydrogen-bond donors (Lipinski definition) is 1. The molecule has 2 aromatic heterocycles. The Morgan fingerprint density at radius 3 is 2.94 bits per heavy atom. The standard InChI is InChI=1S/C11H12N2O3S/c14-9-4-3-8-6-12-11(13(8)7-9)10-2-1-5-17(10,15)16/h3-4,6-7,10,14H,1-2,5H2. The van der Waals surface area contributed by atoms with Crippen molar-refractivity contribution >= 4 is 15.4 Å². The molecule has 3 rings (SSSR count). The summed E-state index contributed by atoms with van der Waals surface area (Å²) in [6.45, 7) is 0. The topological polar surface area (TPSA) is 71.7 Å². The Kier molecular flexibility index (Phi) is 2.16. The molecule has 2 aromatic rings. The molecule has 0 aromatic carbocycles. The first-order valence-corrected chi connectivity index (χ1v) is 7.17. The van der Waals surface area contributed by atoms with E-state index in [1.54, 1.807) is 22.7 Å². The van der Waals surface area contributed by atoms with Gasteiger partial charge in [0.2, 0.25) is 0 Å². The first-order valence-electron chi connectivity index (χ1n) is 5.45. The van der Waals surface area contributed by atoms with Gasteiger partial charge >= 0.3 is 0 Å². The average molecular weight is 252 g/mol. The van der Waals surface area contributed by atoms with Gasteiger partial charge in [-0.25, -0.2) is 13.4 Å². The number of sulfone groups is 1. The molecule has 1 saturated heterocycles. The predicted octanol–water partition coefficient (Wildman–Crippen LogP) is 1.29. The molecule has 0 radical (unpaired) electrons. The second-order valence-corrected chi connectivity index (χ2v) is 6.60. The van der Waals surface area contributed by atoms with E-state index in [4.69, 9.17) is 0 Å². The minimum atomic E-state index is -3.08. The molecule has 1 fully saturated rings. The minimum Gasteiger partial charge on any atom is -0.506 e. The maximum Gasteiger partial charge on any atom is 0.160 e. The lowest BCUT2D eigenvalue weighted by atomic mass is 10.2. The Hall–Kier alpha value is -1.56. The highest BCUT2D eigenvalue weighted by molar-refractivity contribution is 7.91. The monoisotopic (exact) mass is 252 g/mol. The molecule has 0 amide bonds. The molecule has 1 aliphatic heterocycles. The van der Waals surface area contributed by atoms with Gasteiger partial charge in [0.15, 0.2) is 9.84 Å². The van der Waals surface area contributed by atoms with Crippen molar-refractivity contribution < 1.29 is 13.5 Å². The average Bonchev–Trinajstić information content (AvgIpc) is 2.80. The normalized spacial score (nSPS) is 23.2. The summed E-state index contributed by atoms with van der Waals surface area (Å²) in [6.07, 6.45) is 4.42. The number of nitrogens with zero attached hydrogens (tertiary/aromatic N) is 2. The van der Waals surface area contributed by atoms with Gasteiger partial charge in [0, 0.05) is 0 Å². The summed E-state index contributed by atoms with van der Waals surface area (Å²) in [5.74, 6) is 0.839. The fourth-order valence-corrected chi connectivity index (χ4v) is 4.19. The van der Waals surface area contributed by atoms with Crippen LogP contribution >= 0.6 is 0 Å². The molecule has 3 heterocycles. The zero-order valence-corrected chi connectivity index (χ0v) is 9.89. The fraction of sp³-hybridized carbons (Fsp3) is 0.364. The summed E-state index contributed by atoms with van der Waals surface area (Å²) >= 11 is 0. The summed E-state index contributed by atoms with van der Waals surface area (Å²) in [6, 6.07) is 3.28. The molecule has 1 aliphatic rings. The van der Waals surface area contributed by atoms with Crippen LogP contribution in [0.4, 0.5) is 0 Å². The third kappa shape index (κ3) is 1.59. The molecular formula is C11H12N2O3S. The number of imidazole rings is 1. The van der Waals surface area contributed by atoms with Crippen LogP contribution in [0.2, 0.25) is 0 Å². The van der Waals surface area contributed by atoms with E-state index in [-0.39, 0.29) is 11.5 Å². The summed E-state index contributed by atoms with van der Waals surface area (Å²) in [7, 11) is -3.08. The largest absolute Gasteiger partial charge is 0.506 e. The molecule has 1 N–H and O–H groups in total. The van der Waals surface area contributed by atoms with Crippen molar-refractivity contribution in [1.82, 2.24) is 9.38 Å². The van der Waals surface area contributed by atoms with Crippen molar-refractivity contribution in [2.24, 2.45) is 0 Å². The third-order valence-corrected chi connectivity index (χ3v) is 5.33. The molecule has 17 heavy (non-hydrogen) atoms. The van der Waals surface area contributed by atoms with Crippen molar-refractivity contribution in [3.63, 3.8) is 0 Å². The van der Waals surface area contributed by atoms with E-state index in [1.165, 1.54) is 6.20 Å². The van der Waals surface area contributed by atoms with E-state index in [0.717, 1.165) is 5.52 Å². The van der Waals surface area contributed by atoms with Gasteiger partial charge < -0.3 is 5.11 Å². The molecule has 0 aliphatic carbocycles. The van der Waals surface area contributed by atoms with E-state index in [1.807, 2.05) is 0 Å². The van der Waals surface area contributed by atoms with Gasteiger partial charge in [-0.3, -0.25) is 4.40 Å². The Labute approximate surface area is 98.6 Å². The predicted molar refractivity (Wildman–Crippen MR) is 62.6 cm³/mol. The molecule has 1 unspecified atom stereocenters. The van der Waals surface area contributed by atoms with Crippen molar-refractivity contribution in [3.8, 4) is 5.75 Å². The molecule has 1 atom stereocenters. The Balaban J connectivity index is 2.21. The second-order valence-electron chi connectivity index (χ2n) is 4.30. The van der Waals surface area contributed by atoms with E-state index in [2.05, 4.69) is 4.98 Å². The number of hydrogen-bond acceptors (Lipinski definition) is 4. The van der Waals surface area contributed by atoms with Gasteiger partial charge in [0.1, 0.15) is 16.8 Å². The first kappa shape index (κ1) is 10.6. The van der Waals surface area contributed by atoms with Crippen LogP contribution in [-0.2, 0) is 9.84 Å².